The standard InChI is InChI=1S/C10H10ClNO2/c1-12-5-6(10(13)14)9-7(11)3-2-4-8(9)12/h2-4,6H,5H2,1H3,(H,13,14). The van der Waals surface area contributed by atoms with E-state index in [0.717, 1.165) is 11.3 Å². The molecule has 1 heterocycles. The molecule has 14 heavy (non-hydrogen) atoms. The number of fused-ring (bicyclic) bond motifs is 1. The molecule has 0 bridgehead atoms. The van der Waals surface area contributed by atoms with Crippen molar-refractivity contribution in [3.8, 4) is 0 Å². The van der Waals surface area contributed by atoms with Gasteiger partial charge in [-0.2, -0.15) is 0 Å². The highest BCUT2D eigenvalue weighted by Crippen LogP contribution is 2.39. The van der Waals surface area contributed by atoms with Crippen molar-refractivity contribution in [1.29, 1.82) is 0 Å². The summed E-state index contributed by atoms with van der Waals surface area (Å²) in [5.41, 5.74) is 1.66. The molecule has 1 unspecified atom stereocenters. The van der Waals surface area contributed by atoms with E-state index in [2.05, 4.69) is 0 Å². The van der Waals surface area contributed by atoms with Gasteiger partial charge < -0.3 is 10.0 Å². The fourth-order valence-electron chi connectivity index (χ4n) is 1.87. The predicted molar refractivity (Wildman–Crippen MR) is 55.1 cm³/mol. The first kappa shape index (κ1) is 9.34. The van der Waals surface area contributed by atoms with Gasteiger partial charge in [-0.1, -0.05) is 17.7 Å². The van der Waals surface area contributed by atoms with E-state index in [1.165, 1.54) is 0 Å². The third-order valence-electron chi connectivity index (χ3n) is 2.54. The Labute approximate surface area is 86.9 Å². The summed E-state index contributed by atoms with van der Waals surface area (Å²) in [7, 11) is 1.87. The SMILES string of the molecule is CN1CC(C(=O)O)c2c(Cl)cccc21. The van der Waals surface area contributed by atoms with Gasteiger partial charge in [-0.05, 0) is 12.1 Å². The topological polar surface area (TPSA) is 40.5 Å². The fourth-order valence-corrected chi connectivity index (χ4v) is 2.17. The summed E-state index contributed by atoms with van der Waals surface area (Å²) in [6.45, 7) is 0.494. The summed E-state index contributed by atoms with van der Waals surface area (Å²) in [5, 5.41) is 9.56. The Balaban J connectivity index is 2.56. The van der Waals surface area contributed by atoms with Gasteiger partial charge in [-0.15, -0.1) is 0 Å². The van der Waals surface area contributed by atoms with Gasteiger partial charge in [-0.25, -0.2) is 0 Å². The van der Waals surface area contributed by atoms with E-state index < -0.39 is 11.9 Å². The van der Waals surface area contributed by atoms with E-state index in [0.29, 0.717) is 11.6 Å². The van der Waals surface area contributed by atoms with Gasteiger partial charge in [0.05, 0.1) is 0 Å². The zero-order valence-electron chi connectivity index (χ0n) is 7.70. The third kappa shape index (κ3) is 1.24. The maximum Gasteiger partial charge on any atom is 0.312 e. The van der Waals surface area contributed by atoms with Crippen molar-refractivity contribution >= 4 is 23.3 Å². The highest BCUT2D eigenvalue weighted by Gasteiger charge is 2.33. The first-order valence-corrected chi connectivity index (χ1v) is 4.71. The molecule has 0 aliphatic carbocycles. The van der Waals surface area contributed by atoms with Crippen LogP contribution in [0.1, 0.15) is 11.5 Å². The maximum atomic E-state index is 11.0. The van der Waals surface area contributed by atoms with Crippen molar-refractivity contribution in [3.63, 3.8) is 0 Å². The average Bonchev–Trinajstić information content (AvgIpc) is 2.46. The Morgan fingerprint density at radius 3 is 3.00 bits per heavy atom. The summed E-state index contributed by atoms with van der Waals surface area (Å²) >= 11 is 5.98. The van der Waals surface area contributed by atoms with Crippen molar-refractivity contribution in [2.24, 2.45) is 0 Å². The molecule has 0 fully saturated rings. The lowest BCUT2D eigenvalue weighted by molar-refractivity contribution is -0.138. The molecule has 1 atom stereocenters. The normalized spacial score (nSPS) is 19.6. The van der Waals surface area contributed by atoms with Crippen molar-refractivity contribution in [1.82, 2.24) is 0 Å². The zero-order chi connectivity index (χ0) is 10.3. The number of benzene rings is 1. The van der Waals surface area contributed by atoms with E-state index in [1.807, 2.05) is 24.1 Å². The molecule has 0 amide bonds. The summed E-state index contributed by atoms with van der Waals surface area (Å²) < 4.78 is 0. The molecule has 1 aromatic carbocycles. The molecule has 1 N–H and O–H groups in total. The molecule has 1 aliphatic heterocycles. The van der Waals surface area contributed by atoms with Crippen LogP contribution in [0.3, 0.4) is 0 Å². The summed E-state index contributed by atoms with van der Waals surface area (Å²) in [6, 6.07) is 5.46. The minimum Gasteiger partial charge on any atom is -0.481 e. The Hall–Kier alpha value is -1.22. The number of rotatable bonds is 1. The number of nitrogens with zero attached hydrogens (tertiary/aromatic N) is 1. The lowest BCUT2D eigenvalue weighted by atomic mass is 10.0. The minimum absolute atomic E-state index is 0.494. The minimum atomic E-state index is -0.816. The molecule has 0 saturated carbocycles. The number of hydrogen-bond donors (Lipinski definition) is 1. The molecule has 0 aromatic heterocycles. The fraction of sp³-hybridized carbons (Fsp3) is 0.300. The largest absolute Gasteiger partial charge is 0.481 e. The van der Waals surface area contributed by atoms with Crippen molar-refractivity contribution < 1.29 is 9.90 Å². The third-order valence-corrected chi connectivity index (χ3v) is 2.87. The van der Waals surface area contributed by atoms with Crippen LogP contribution in [0.5, 0.6) is 0 Å². The van der Waals surface area contributed by atoms with Crippen molar-refractivity contribution in [2.75, 3.05) is 18.5 Å². The van der Waals surface area contributed by atoms with E-state index in [-0.39, 0.29) is 0 Å². The second kappa shape index (κ2) is 3.17. The van der Waals surface area contributed by atoms with E-state index in [1.54, 1.807) is 6.07 Å². The molecule has 1 aromatic rings. The van der Waals surface area contributed by atoms with Crippen LogP contribution in [0.2, 0.25) is 5.02 Å². The quantitative estimate of drug-likeness (QED) is 0.772. The molecule has 0 saturated heterocycles. The van der Waals surface area contributed by atoms with E-state index >= 15 is 0 Å². The van der Waals surface area contributed by atoms with Crippen LogP contribution in [0.15, 0.2) is 18.2 Å². The lowest BCUT2D eigenvalue weighted by Crippen LogP contribution is -2.20. The number of aliphatic carboxylic acids is 1. The Kier molecular flexibility index (Phi) is 2.11. The molecule has 2 rings (SSSR count). The van der Waals surface area contributed by atoms with Crippen molar-refractivity contribution in [3.05, 3.63) is 28.8 Å². The van der Waals surface area contributed by atoms with Crippen molar-refractivity contribution in [2.45, 2.75) is 5.92 Å². The summed E-state index contributed by atoms with van der Waals surface area (Å²) in [5.74, 6) is -1.31. The van der Waals surface area contributed by atoms with Crippen LogP contribution in [-0.4, -0.2) is 24.7 Å². The van der Waals surface area contributed by atoms with Gasteiger partial charge in [0.15, 0.2) is 0 Å². The van der Waals surface area contributed by atoms with Crippen LogP contribution in [-0.2, 0) is 4.79 Å². The molecule has 0 radical (unpaired) electrons. The molecular formula is C10H10ClNO2. The highest BCUT2D eigenvalue weighted by atomic mass is 35.5. The number of carbonyl (C=O) groups is 1. The highest BCUT2D eigenvalue weighted by molar-refractivity contribution is 6.32. The smallest absolute Gasteiger partial charge is 0.312 e. The lowest BCUT2D eigenvalue weighted by Gasteiger charge is -2.10. The Bertz CT molecular complexity index is 392. The maximum absolute atomic E-state index is 11.0. The number of halogens is 1. The Morgan fingerprint density at radius 2 is 2.36 bits per heavy atom. The van der Waals surface area contributed by atoms with Gasteiger partial charge >= 0.3 is 5.97 Å². The number of likely N-dealkylation sites (N-methyl/N-ethyl adjacent to an activating group) is 1. The second-order valence-electron chi connectivity index (χ2n) is 3.44. The molecule has 4 heteroatoms. The second-order valence-corrected chi connectivity index (χ2v) is 3.85. The first-order valence-electron chi connectivity index (χ1n) is 4.33. The number of hydrogen-bond acceptors (Lipinski definition) is 2. The van der Waals surface area contributed by atoms with Crippen LogP contribution >= 0.6 is 11.6 Å². The molecule has 0 spiro atoms. The van der Waals surface area contributed by atoms with Crippen LogP contribution < -0.4 is 4.90 Å². The van der Waals surface area contributed by atoms with Crippen LogP contribution in [0.25, 0.3) is 0 Å². The number of carboxylic acids is 1. The van der Waals surface area contributed by atoms with Gasteiger partial charge in [0.25, 0.3) is 0 Å². The van der Waals surface area contributed by atoms with E-state index in [4.69, 9.17) is 16.7 Å². The van der Waals surface area contributed by atoms with Gasteiger partial charge in [0, 0.05) is 29.9 Å². The molecule has 3 nitrogen and oxygen atoms in total. The first-order chi connectivity index (χ1) is 6.61. The van der Waals surface area contributed by atoms with E-state index in [9.17, 15) is 4.79 Å². The van der Waals surface area contributed by atoms with Gasteiger partial charge in [0.2, 0.25) is 0 Å². The van der Waals surface area contributed by atoms with Crippen LogP contribution in [0, 0.1) is 0 Å². The molecule has 1 aliphatic rings. The average molecular weight is 212 g/mol. The molecular weight excluding hydrogens is 202 g/mol. The van der Waals surface area contributed by atoms with Crippen LogP contribution in [0.4, 0.5) is 5.69 Å². The van der Waals surface area contributed by atoms with Gasteiger partial charge in [-0.3, -0.25) is 4.79 Å². The summed E-state index contributed by atoms with van der Waals surface area (Å²) in [4.78, 5) is 12.9. The number of carboxylic acid groups (broad SMARTS) is 1. The zero-order valence-corrected chi connectivity index (χ0v) is 8.45. The summed E-state index contributed by atoms with van der Waals surface area (Å²) in [6.07, 6.45) is 0. The monoisotopic (exact) mass is 211 g/mol. The molecule has 74 valence electrons. The Morgan fingerprint density at radius 1 is 1.64 bits per heavy atom. The number of anilines is 1. The van der Waals surface area contributed by atoms with Gasteiger partial charge in [0.1, 0.15) is 5.92 Å². The predicted octanol–water partition coefficient (Wildman–Crippen LogP) is 1.96.